The molecule has 1 aromatic rings. The molecule has 1 rings (SSSR count). The van der Waals surface area contributed by atoms with Gasteiger partial charge < -0.3 is 18.9 Å². The number of rotatable bonds is 12. The minimum atomic E-state index is -0.0848. The maximum absolute atomic E-state index is 12.1. The lowest BCUT2D eigenvalue weighted by Crippen LogP contribution is -2.14. The van der Waals surface area contributed by atoms with Crippen LogP contribution >= 0.6 is 0 Å². The third kappa shape index (κ3) is 7.22. The summed E-state index contributed by atoms with van der Waals surface area (Å²) in [4.78, 5) is 12.1. The summed E-state index contributed by atoms with van der Waals surface area (Å²) in [5, 5.41) is 0. The first-order valence-corrected chi connectivity index (χ1v) is 7.19. The molecule has 0 atom stereocenters. The zero-order valence-corrected chi connectivity index (χ0v) is 12.8. The highest BCUT2D eigenvalue weighted by Gasteiger charge is 2.11. The van der Waals surface area contributed by atoms with Crippen LogP contribution in [0.1, 0.15) is 23.7 Å². The Morgan fingerprint density at radius 1 is 1.05 bits per heavy atom. The van der Waals surface area contributed by atoms with E-state index in [1.54, 1.807) is 19.2 Å². The first kappa shape index (κ1) is 17.6. The van der Waals surface area contributed by atoms with Crippen LogP contribution in [0.4, 0.5) is 0 Å². The minimum absolute atomic E-state index is 0.0333. The van der Waals surface area contributed by atoms with Gasteiger partial charge in [0, 0.05) is 20.3 Å². The molecule has 1 aromatic carbocycles. The second-order valence-corrected chi connectivity index (χ2v) is 4.36. The first-order valence-electron chi connectivity index (χ1n) is 7.19. The van der Waals surface area contributed by atoms with Crippen molar-refractivity contribution < 1.29 is 23.7 Å². The SMILES string of the molecule is CCOc1ccccc1C(=O)COCCOCCCOC. The third-order valence-corrected chi connectivity index (χ3v) is 2.73. The van der Waals surface area contributed by atoms with Crippen molar-refractivity contribution >= 4 is 5.78 Å². The zero-order valence-electron chi connectivity index (χ0n) is 12.8. The molecule has 0 unspecified atom stereocenters. The average Bonchev–Trinajstić information content (AvgIpc) is 2.50. The third-order valence-electron chi connectivity index (χ3n) is 2.73. The highest BCUT2D eigenvalue weighted by Crippen LogP contribution is 2.18. The first-order chi connectivity index (χ1) is 10.3. The van der Waals surface area contributed by atoms with Crippen molar-refractivity contribution in [2.45, 2.75) is 13.3 Å². The van der Waals surface area contributed by atoms with Crippen LogP contribution in [-0.2, 0) is 14.2 Å². The summed E-state index contributed by atoms with van der Waals surface area (Å²) in [5.41, 5.74) is 0.556. The van der Waals surface area contributed by atoms with Crippen molar-refractivity contribution in [1.82, 2.24) is 0 Å². The van der Waals surface area contributed by atoms with E-state index >= 15 is 0 Å². The van der Waals surface area contributed by atoms with Crippen LogP contribution in [0, 0.1) is 0 Å². The van der Waals surface area contributed by atoms with Crippen molar-refractivity contribution in [2.24, 2.45) is 0 Å². The van der Waals surface area contributed by atoms with Crippen LogP contribution in [0.15, 0.2) is 24.3 Å². The molecule has 0 bridgehead atoms. The quantitative estimate of drug-likeness (QED) is 0.438. The Labute approximate surface area is 126 Å². The molecule has 0 saturated carbocycles. The minimum Gasteiger partial charge on any atom is -0.493 e. The molecule has 0 saturated heterocycles. The molecule has 0 spiro atoms. The Bertz CT molecular complexity index is 405. The second kappa shape index (κ2) is 11.3. The summed E-state index contributed by atoms with van der Waals surface area (Å²) in [7, 11) is 1.66. The van der Waals surface area contributed by atoms with Crippen molar-refractivity contribution in [3.05, 3.63) is 29.8 Å². The van der Waals surface area contributed by atoms with Gasteiger partial charge in [-0.25, -0.2) is 0 Å². The molecular weight excluding hydrogens is 272 g/mol. The van der Waals surface area contributed by atoms with Gasteiger partial charge in [-0.3, -0.25) is 4.79 Å². The lowest BCUT2D eigenvalue weighted by atomic mass is 10.1. The highest BCUT2D eigenvalue weighted by atomic mass is 16.5. The number of carbonyl (C=O) groups is 1. The molecule has 0 fully saturated rings. The number of benzene rings is 1. The summed E-state index contributed by atoms with van der Waals surface area (Å²) in [5.74, 6) is 0.517. The molecule has 5 nitrogen and oxygen atoms in total. The lowest BCUT2D eigenvalue weighted by Gasteiger charge is -2.09. The van der Waals surface area contributed by atoms with Gasteiger partial charge in [0.25, 0.3) is 0 Å². The number of hydrogen-bond donors (Lipinski definition) is 0. The predicted octanol–water partition coefficient (Wildman–Crippen LogP) is 2.34. The number of ether oxygens (including phenoxy) is 4. The number of Topliss-reactive ketones (excluding diaryl/α,β-unsaturated/α-hetero) is 1. The Morgan fingerprint density at radius 3 is 2.57 bits per heavy atom. The van der Waals surface area contributed by atoms with Crippen molar-refractivity contribution in [1.29, 1.82) is 0 Å². The van der Waals surface area contributed by atoms with E-state index in [0.29, 0.717) is 44.3 Å². The van der Waals surface area contributed by atoms with Gasteiger partial charge in [0.05, 0.1) is 25.4 Å². The molecule has 0 aliphatic carbocycles. The Balaban J connectivity index is 2.22. The number of para-hydroxylation sites is 1. The van der Waals surface area contributed by atoms with Crippen molar-refractivity contribution in [3.63, 3.8) is 0 Å². The van der Waals surface area contributed by atoms with E-state index in [-0.39, 0.29) is 12.4 Å². The smallest absolute Gasteiger partial charge is 0.192 e. The number of carbonyl (C=O) groups excluding carboxylic acids is 1. The predicted molar refractivity (Wildman–Crippen MR) is 80.1 cm³/mol. The summed E-state index contributed by atoms with van der Waals surface area (Å²) < 4.78 is 21.0. The van der Waals surface area contributed by atoms with E-state index in [9.17, 15) is 4.79 Å². The Kier molecular flexibility index (Phi) is 9.44. The normalized spacial score (nSPS) is 10.6. The van der Waals surface area contributed by atoms with E-state index < -0.39 is 0 Å². The number of hydrogen-bond acceptors (Lipinski definition) is 5. The van der Waals surface area contributed by atoms with Crippen molar-refractivity contribution in [2.75, 3.05) is 46.8 Å². The van der Waals surface area contributed by atoms with Crippen LogP contribution < -0.4 is 4.74 Å². The van der Waals surface area contributed by atoms with Crippen LogP contribution in [0.3, 0.4) is 0 Å². The van der Waals surface area contributed by atoms with E-state index in [1.165, 1.54) is 0 Å². The summed E-state index contributed by atoms with van der Waals surface area (Å²) in [6.07, 6.45) is 0.858. The average molecular weight is 296 g/mol. The van der Waals surface area contributed by atoms with Gasteiger partial charge in [0.15, 0.2) is 5.78 Å². The van der Waals surface area contributed by atoms with Crippen LogP contribution in [0.25, 0.3) is 0 Å². The molecule has 0 radical (unpaired) electrons. The molecule has 0 aliphatic rings. The van der Waals surface area contributed by atoms with Gasteiger partial charge in [-0.2, -0.15) is 0 Å². The Hall–Kier alpha value is -1.43. The number of ketones is 1. The van der Waals surface area contributed by atoms with E-state index in [4.69, 9.17) is 18.9 Å². The summed E-state index contributed by atoms with van der Waals surface area (Å²) in [6.45, 7) is 4.65. The molecule has 0 amide bonds. The van der Waals surface area contributed by atoms with E-state index in [1.807, 2.05) is 19.1 Å². The van der Waals surface area contributed by atoms with Crippen molar-refractivity contribution in [3.8, 4) is 5.75 Å². The second-order valence-electron chi connectivity index (χ2n) is 4.36. The molecule has 118 valence electrons. The van der Waals surface area contributed by atoms with Gasteiger partial charge >= 0.3 is 0 Å². The lowest BCUT2D eigenvalue weighted by molar-refractivity contribution is 0.0381. The van der Waals surface area contributed by atoms with Gasteiger partial charge in [-0.1, -0.05) is 12.1 Å². The maximum atomic E-state index is 12.1. The fourth-order valence-electron chi connectivity index (χ4n) is 1.75. The molecular formula is C16H24O5. The topological polar surface area (TPSA) is 54.0 Å². The van der Waals surface area contributed by atoms with Gasteiger partial charge in [-0.15, -0.1) is 0 Å². The molecule has 0 aliphatic heterocycles. The highest BCUT2D eigenvalue weighted by molar-refractivity contribution is 5.99. The van der Waals surface area contributed by atoms with Crippen LogP contribution in [0.5, 0.6) is 5.75 Å². The van der Waals surface area contributed by atoms with E-state index in [2.05, 4.69) is 0 Å². The Morgan fingerprint density at radius 2 is 1.81 bits per heavy atom. The fourth-order valence-corrected chi connectivity index (χ4v) is 1.75. The zero-order chi connectivity index (χ0) is 15.3. The standard InChI is InChI=1S/C16H24O5/c1-3-21-16-8-5-4-7-14(16)15(17)13-20-12-11-19-10-6-9-18-2/h4-5,7-8H,3,6,9-13H2,1-2H3. The summed E-state index contributed by atoms with van der Waals surface area (Å²) in [6, 6.07) is 7.19. The van der Waals surface area contributed by atoms with Gasteiger partial charge in [0.1, 0.15) is 12.4 Å². The largest absolute Gasteiger partial charge is 0.493 e. The van der Waals surface area contributed by atoms with Crippen LogP contribution in [-0.4, -0.2) is 52.5 Å². The molecule has 21 heavy (non-hydrogen) atoms. The van der Waals surface area contributed by atoms with Gasteiger partial charge in [0.2, 0.25) is 0 Å². The van der Waals surface area contributed by atoms with E-state index in [0.717, 1.165) is 6.42 Å². The molecule has 0 heterocycles. The number of methoxy groups -OCH3 is 1. The van der Waals surface area contributed by atoms with Gasteiger partial charge in [-0.05, 0) is 25.5 Å². The fraction of sp³-hybridized carbons (Fsp3) is 0.562. The maximum Gasteiger partial charge on any atom is 0.192 e. The summed E-state index contributed by atoms with van der Waals surface area (Å²) >= 11 is 0. The molecule has 0 aromatic heterocycles. The molecule has 5 heteroatoms. The monoisotopic (exact) mass is 296 g/mol. The molecule has 0 N–H and O–H groups in total. The van der Waals surface area contributed by atoms with Crippen LogP contribution in [0.2, 0.25) is 0 Å².